The molecule has 2 saturated heterocycles. The van der Waals surface area contributed by atoms with Crippen LogP contribution in [0.2, 0.25) is 5.15 Å². The minimum Gasteiger partial charge on any atom is -0.444 e. The minimum absolute atomic E-state index is 0.294. The van der Waals surface area contributed by atoms with Crippen LogP contribution in [0.15, 0.2) is 42.5 Å². The zero-order valence-electron chi connectivity index (χ0n) is 23.3. The van der Waals surface area contributed by atoms with Crippen LogP contribution in [0.4, 0.5) is 4.79 Å². The molecule has 0 radical (unpaired) electrons. The van der Waals surface area contributed by atoms with Crippen molar-refractivity contribution in [2.75, 3.05) is 19.7 Å². The number of morpholine rings is 1. The molecule has 1 amide bonds. The molecule has 38 heavy (non-hydrogen) atoms. The molecule has 10 heteroatoms. The maximum Gasteiger partial charge on any atom is 0.514 e. The van der Waals surface area contributed by atoms with E-state index in [1.165, 1.54) is 0 Å². The molecular formula is C28H38BClN2O6. The summed E-state index contributed by atoms with van der Waals surface area (Å²) in [6.45, 7) is 14.9. The second-order valence-electron chi connectivity index (χ2n) is 11.9. The van der Waals surface area contributed by atoms with Crippen LogP contribution < -0.4 is 5.59 Å². The Morgan fingerprint density at radius 3 is 2.39 bits per heavy atom. The average Bonchev–Trinajstić information content (AvgIpc) is 3.05. The van der Waals surface area contributed by atoms with Crippen LogP contribution >= 0.6 is 11.6 Å². The highest BCUT2D eigenvalue weighted by molar-refractivity contribution is 6.61. The van der Waals surface area contributed by atoms with Gasteiger partial charge in [0.25, 0.3) is 0 Å². The fourth-order valence-corrected chi connectivity index (χ4v) is 4.50. The lowest BCUT2D eigenvalue weighted by molar-refractivity contribution is -0.116. The highest BCUT2D eigenvalue weighted by Gasteiger charge is 2.52. The van der Waals surface area contributed by atoms with E-state index in [1.807, 2.05) is 84.9 Å². The lowest BCUT2D eigenvalue weighted by atomic mass is 9.83. The zero-order chi connectivity index (χ0) is 27.7. The molecule has 2 aliphatic heterocycles. The summed E-state index contributed by atoms with van der Waals surface area (Å²) in [7, 11) is -0.673. The molecule has 0 spiro atoms. The molecular weight excluding hydrogens is 507 g/mol. The van der Waals surface area contributed by atoms with E-state index in [9.17, 15) is 4.79 Å². The van der Waals surface area contributed by atoms with Gasteiger partial charge in [-0.2, -0.15) is 0 Å². The number of nitrogens with zero attached hydrogens (tertiary/aromatic N) is 2. The van der Waals surface area contributed by atoms with Gasteiger partial charge in [0.15, 0.2) is 0 Å². The smallest absolute Gasteiger partial charge is 0.444 e. The first-order chi connectivity index (χ1) is 17.7. The summed E-state index contributed by atoms with van der Waals surface area (Å²) in [6, 6.07) is 13.6. The molecule has 8 nitrogen and oxygen atoms in total. The number of aromatic nitrogens is 1. The van der Waals surface area contributed by atoms with Crippen molar-refractivity contribution in [2.45, 2.75) is 84.1 Å². The van der Waals surface area contributed by atoms with Crippen LogP contribution in [0, 0.1) is 0 Å². The molecule has 0 aliphatic carbocycles. The first-order valence-electron chi connectivity index (χ1n) is 13.0. The van der Waals surface area contributed by atoms with E-state index >= 15 is 0 Å². The van der Waals surface area contributed by atoms with Gasteiger partial charge in [0, 0.05) is 0 Å². The summed E-state index contributed by atoms with van der Waals surface area (Å²) >= 11 is 6.46. The topological polar surface area (TPSA) is 79.4 Å². The molecule has 0 N–H and O–H groups in total. The van der Waals surface area contributed by atoms with Crippen molar-refractivity contribution >= 4 is 30.4 Å². The van der Waals surface area contributed by atoms with Gasteiger partial charge >= 0.3 is 13.2 Å². The summed E-state index contributed by atoms with van der Waals surface area (Å²) in [4.78, 5) is 19.2. The van der Waals surface area contributed by atoms with Crippen molar-refractivity contribution < 1.29 is 28.3 Å². The number of rotatable bonds is 6. The van der Waals surface area contributed by atoms with E-state index in [2.05, 4.69) is 4.98 Å². The molecule has 2 atom stereocenters. The second-order valence-corrected chi connectivity index (χ2v) is 12.3. The van der Waals surface area contributed by atoms with Crippen molar-refractivity contribution in [2.24, 2.45) is 0 Å². The maximum atomic E-state index is 13.0. The molecule has 2 aromatic rings. The number of halogens is 1. The lowest BCUT2D eigenvalue weighted by Gasteiger charge is -2.38. The van der Waals surface area contributed by atoms with E-state index in [4.69, 9.17) is 35.1 Å². The summed E-state index contributed by atoms with van der Waals surface area (Å²) in [5, 5.41) is 0.294. The third kappa shape index (κ3) is 7.07. The van der Waals surface area contributed by atoms with Gasteiger partial charge in [-0.25, -0.2) is 9.78 Å². The Labute approximate surface area is 231 Å². The van der Waals surface area contributed by atoms with Gasteiger partial charge in [-0.15, -0.1) is 0 Å². The van der Waals surface area contributed by atoms with Gasteiger partial charge in [0.2, 0.25) is 0 Å². The Bertz CT molecular complexity index is 1110. The molecule has 2 fully saturated rings. The molecule has 0 saturated carbocycles. The predicted octanol–water partition coefficient (Wildman–Crippen LogP) is 4.93. The Balaban J connectivity index is 1.54. The third-order valence-corrected chi connectivity index (χ3v) is 7.13. The van der Waals surface area contributed by atoms with Gasteiger partial charge in [0.1, 0.15) is 16.9 Å². The molecule has 2 aliphatic rings. The summed E-state index contributed by atoms with van der Waals surface area (Å²) in [5.74, 6) is 0. The summed E-state index contributed by atoms with van der Waals surface area (Å²) in [5.41, 5.74) is 0.748. The first-order valence-corrected chi connectivity index (χ1v) is 13.4. The van der Waals surface area contributed by atoms with Gasteiger partial charge in [0.05, 0.1) is 49.2 Å². The lowest BCUT2D eigenvalue weighted by Crippen LogP contribution is -2.50. The highest BCUT2D eigenvalue weighted by atomic mass is 35.5. The molecule has 2 unspecified atom stereocenters. The predicted molar refractivity (Wildman–Crippen MR) is 146 cm³/mol. The summed E-state index contributed by atoms with van der Waals surface area (Å²) < 4.78 is 30.4. The zero-order valence-corrected chi connectivity index (χ0v) is 24.1. The average molecular weight is 545 g/mol. The standard InChI is InChI=1S/C28H38BClN2O6/c1-26(2,3)36-25(33)32-15-21(18-34-17-19-11-9-8-10-12-19)35-22(16-32)20-13-23(31-24(30)14-20)29-37-27(4,5)28(6,7)38-29/h8-14,21-22H,15-18H2,1-7H3. The number of carbonyl (C=O) groups excluding carboxylic acids is 1. The van der Waals surface area contributed by atoms with Gasteiger partial charge in [-0.1, -0.05) is 41.9 Å². The molecule has 1 aromatic heterocycles. The Hall–Kier alpha value is -2.17. The second kappa shape index (κ2) is 11.1. The maximum absolute atomic E-state index is 13.0. The number of amides is 1. The van der Waals surface area contributed by atoms with Crippen molar-refractivity contribution in [1.82, 2.24) is 9.88 Å². The third-order valence-electron chi connectivity index (χ3n) is 6.94. The number of benzene rings is 1. The normalized spacial score (nSPS) is 22.9. The van der Waals surface area contributed by atoms with E-state index < -0.39 is 36.1 Å². The van der Waals surface area contributed by atoms with Crippen LogP contribution in [0.3, 0.4) is 0 Å². The molecule has 3 heterocycles. The van der Waals surface area contributed by atoms with E-state index in [0.29, 0.717) is 37.0 Å². The minimum atomic E-state index is -0.673. The van der Waals surface area contributed by atoms with Crippen LogP contribution in [-0.2, 0) is 30.1 Å². The van der Waals surface area contributed by atoms with Crippen molar-refractivity contribution in [3.05, 3.63) is 58.7 Å². The van der Waals surface area contributed by atoms with Crippen molar-refractivity contribution in [3.63, 3.8) is 0 Å². The molecule has 1 aromatic carbocycles. The Morgan fingerprint density at radius 1 is 1.11 bits per heavy atom. The van der Waals surface area contributed by atoms with Crippen molar-refractivity contribution in [1.29, 1.82) is 0 Å². The summed E-state index contributed by atoms with van der Waals surface area (Å²) in [6.07, 6.45) is -1.23. The van der Waals surface area contributed by atoms with Crippen LogP contribution in [0.1, 0.15) is 65.7 Å². The van der Waals surface area contributed by atoms with Crippen LogP contribution in [0.5, 0.6) is 0 Å². The number of hydrogen-bond acceptors (Lipinski definition) is 7. The van der Waals surface area contributed by atoms with Gasteiger partial charge < -0.3 is 28.4 Å². The first kappa shape index (κ1) is 28.8. The van der Waals surface area contributed by atoms with Gasteiger partial charge in [-0.3, -0.25) is 0 Å². The number of pyridine rings is 1. The van der Waals surface area contributed by atoms with Crippen LogP contribution in [-0.4, -0.2) is 65.7 Å². The van der Waals surface area contributed by atoms with Crippen LogP contribution in [0.25, 0.3) is 0 Å². The molecule has 0 bridgehead atoms. The fraction of sp³-hybridized carbons (Fsp3) is 0.571. The Kier molecular flexibility index (Phi) is 8.45. The van der Waals surface area contributed by atoms with E-state index in [0.717, 1.165) is 11.1 Å². The Morgan fingerprint density at radius 2 is 1.76 bits per heavy atom. The monoisotopic (exact) mass is 544 g/mol. The largest absolute Gasteiger partial charge is 0.514 e. The molecule has 206 valence electrons. The van der Waals surface area contributed by atoms with Crippen molar-refractivity contribution in [3.8, 4) is 0 Å². The van der Waals surface area contributed by atoms with Gasteiger partial charge in [-0.05, 0) is 71.7 Å². The number of ether oxygens (including phenoxy) is 3. The van der Waals surface area contributed by atoms with E-state index in [-0.39, 0.29) is 6.10 Å². The fourth-order valence-electron chi connectivity index (χ4n) is 4.28. The SMILES string of the molecule is CC(C)(C)OC(=O)N1CC(COCc2ccccc2)OC(c2cc(Cl)nc(B3OC(C)(C)C(C)(C)O3)c2)C1. The van der Waals surface area contributed by atoms with E-state index in [1.54, 1.807) is 11.0 Å². The number of carbonyl (C=O) groups is 1. The molecule has 4 rings (SSSR count). The number of hydrogen-bond donors (Lipinski definition) is 0. The highest BCUT2D eigenvalue weighted by Crippen LogP contribution is 2.37. The quantitative estimate of drug-likeness (QED) is 0.377.